The molecule has 2 heterocycles. The summed E-state index contributed by atoms with van der Waals surface area (Å²) in [6.45, 7) is 10.2. The Morgan fingerprint density at radius 1 is 1.17 bits per heavy atom. The molecule has 0 aliphatic carbocycles. The van der Waals surface area contributed by atoms with Crippen LogP contribution in [0.15, 0.2) is 47.6 Å². The van der Waals surface area contributed by atoms with E-state index in [4.69, 9.17) is 12.3 Å². The van der Waals surface area contributed by atoms with E-state index in [-0.39, 0.29) is 18.9 Å². The van der Waals surface area contributed by atoms with Crippen molar-refractivity contribution in [3.63, 3.8) is 0 Å². The Balaban J connectivity index is 1.93. The number of para-hydroxylation sites is 1. The number of hydrogen-bond donors (Lipinski definition) is 1. The summed E-state index contributed by atoms with van der Waals surface area (Å²) in [4.78, 5) is 20.4. The van der Waals surface area contributed by atoms with Gasteiger partial charge in [-0.3, -0.25) is 14.5 Å². The number of nitrogens with two attached hydrogens (primary N) is 1. The van der Waals surface area contributed by atoms with E-state index in [9.17, 15) is 4.79 Å². The van der Waals surface area contributed by atoms with Crippen molar-refractivity contribution in [2.45, 2.75) is 13.3 Å². The van der Waals surface area contributed by atoms with Gasteiger partial charge in [-0.15, -0.1) is 0 Å². The summed E-state index contributed by atoms with van der Waals surface area (Å²) in [5.74, 6) is 0.00102. The van der Waals surface area contributed by atoms with Gasteiger partial charge in [0.1, 0.15) is 6.54 Å². The first-order valence-corrected chi connectivity index (χ1v) is 9.52. The second-order valence-electron chi connectivity index (χ2n) is 6.96. The maximum absolute atomic E-state index is 12.2. The third kappa shape index (κ3) is 3.06. The fourth-order valence-electron chi connectivity index (χ4n) is 3.87. The van der Waals surface area contributed by atoms with Gasteiger partial charge in [0.2, 0.25) is 0 Å². The third-order valence-electron chi connectivity index (χ3n) is 5.35. The summed E-state index contributed by atoms with van der Waals surface area (Å²) in [6, 6.07) is 11.7. The zero-order valence-corrected chi connectivity index (χ0v) is 16.4. The monoisotopic (exact) mass is 383 g/mol. The normalized spacial score (nSPS) is 13.0. The molecule has 2 aromatic carbocycles. The second-order valence-corrected chi connectivity index (χ2v) is 6.96. The molecule has 6 heteroatoms. The Morgan fingerprint density at radius 3 is 2.72 bits per heavy atom. The lowest BCUT2D eigenvalue weighted by atomic mass is 9.91. The van der Waals surface area contributed by atoms with Crippen molar-refractivity contribution in [2.75, 3.05) is 13.1 Å². The van der Waals surface area contributed by atoms with Crippen molar-refractivity contribution in [2.24, 2.45) is 17.8 Å². The first kappa shape index (κ1) is 18.8. The van der Waals surface area contributed by atoms with Gasteiger partial charge in [0.15, 0.2) is 11.5 Å². The highest BCUT2D eigenvalue weighted by atomic mass is 16.1. The van der Waals surface area contributed by atoms with Crippen LogP contribution in [0.25, 0.3) is 27.2 Å². The van der Waals surface area contributed by atoms with Crippen LogP contribution < -0.4 is 5.73 Å². The molecule has 0 amide bonds. The Labute approximate surface area is 169 Å². The van der Waals surface area contributed by atoms with Crippen LogP contribution in [0, 0.1) is 6.57 Å². The van der Waals surface area contributed by atoms with Crippen molar-refractivity contribution < 1.29 is 4.79 Å². The minimum atomic E-state index is 0.00102. The summed E-state index contributed by atoms with van der Waals surface area (Å²) >= 11 is 0. The predicted octanol–water partition coefficient (Wildman–Crippen LogP) is 3.81. The fourth-order valence-corrected chi connectivity index (χ4v) is 3.87. The molecule has 0 radical (unpaired) electrons. The molecule has 3 aromatic rings. The van der Waals surface area contributed by atoms with Gasteiger partial charge < -0.3 is 5.73 Å². The van der Waals surface area contributed by atoms with Crippen molar-refractivity contribution in [1.82, 2.24) is 9.78 Å². The van der Waals surface area contributed by atoms with Gasteiger partial charge in [0.05, 0.1) is 24.2 Å². The van der Waals surface area contributed by atoms with E-state index < -0.39 is 0 Å². The number of Topliss-reactive ketones (excluding diaryl/α,β-unsaturated/α-hetero) is 1. The maximum atomic E-state index is 12.2. The quantitative estimate of drug-likeness (QED) is 0.696. The fraction of sp³-hybridized carbons (Fsp3) is 0.217. The Kier molecular flexibility index (Phi) is 4.83. The highest BCUT2D eigenvalue weighted by Crippen LogP contribution is 2.39. The molecule has 6 nitrogen and oxygen atoms in total. The number of ketones is 1. The van der Waals surface area contributed by atoms with E-state index in [0.29, 0.717) is 11.3 Å². The summed E-state index contributed by atoms with van der Waals surface area (Å²) in [5.41, 5.74) is 13.2. The molecule has 0 saturated heterocycles. The molecule has 2 N–H and O–H groups in total. The number of carbonyl (C=O) groups is 1. The number of benzene rings is 2. The van der Waals surface area contributed by atoms with Crippen molar-refractivity contribution in [3.8, 4) is 22.4 Å². The van der Waals surface area contributed by atoms with Crippen molar-refractivity contribution in [1.29, 1.82) is 0 Å². The SMILES string of the molecule is [C-]#[N+]c1c(CC)cccc1-c1c(-c2ccc3c(c2)C(CN)=NCC3=O)cnn1C. The Bertz CT molecular complexity index is 1200. The average molecular weight is 383 g/mol. The lowest BCUT2D eigenvalue weighted by molar-refractivity contribution is 0.1000. The van der Waals surface area contributed by atoms with Gasteiger partial charge >= 0.3 is 0 Å². The van der Waals surface area contributed by atoms with E-state index in [1.807, 2.05) is 50.4 Å². The Hall–Kier alpha value is -3.56. The van der Waals surface area contributed by atoms with Crippen LogP contribution in [0.5, 0.6) is 0 Å². The molecule has 0 atom stereocenters. The predicted molar refractivity (Wildman–Crippen MR) is 115 cm³/mol. The molecule has 0 fully saturated rings. The number of nitrogens with zero attached hydrogens (tertiary/aromatic N) is 4. The van der Waals surface area contributed by atoms with Crippen LogP contribution in [0.3, 0.4) is 0 Å². The van der Waals surface area contributed by atoms with E-state index >= 15 is 0 Å². The minimum Gasteiger partial charge on any atom is -0.325 e. The minimum absolute atomic E-state index is 0.00102. The molecule has 0 bridgehead atoms. The van der Waals surface area contributed by atoms with Gasteiger partial charge in [-0.1, -0.05) is 37.3 Å². The first-order valence-electron chi connectivity index (χ1n) is 9.52. The molecular formula is C23H21N5O. The van der Waals surface area contributed by atoms with E-state index in [1.165, 1.54) is 0 Å². The van der Waals surface area contributed by atoms with Gasteiger partial charge in [-0.25, -0.2) is 4.85 Å². The summed E-state index contributed by atoms with van der Waals surface area (Å²) in [7, 11) is 1.87. The number of rotatable bonds is 4. The van der Waals surface area contributed by atoms with Gasteiger partial charge in [0, 0.05) is 35.8 Å². The molecule has 0 saturated carbocycles. The van der Waals surface area contributed by atoms with Gasteiger partial charge in [-0.2, -0.15) is 5.10 Å². The first-order chi connectivity index (χ1) is 14.1. The number of aryl methyl sites for hydroxylation is 2. The summed E-state index contributed by atoms with van der Waals surface area (Å²) in [6.07, 6.45) is 2.59. The lowest BCUT2D eigenvalue weighted by Gasteiger charge is -2.17. The van der Waals surface area contributed by atoms with E-state index in [1.54, 1.807) is 10.9 Å². The van der Waals surface area contributed by atoms with Crippen LogP contribution in [-0.4, -0.2) is 34.4 Å². The molecule has 0 unspecified atom stereocenters. The molecule has 144 valence electrons. The summed E-state index contributed by atoms with van der Waals surface area (Å²) in [5, 5.41) is 4.46. The number of aromatic nitrogens is 2. The van der Waals surface area contributed by atoms with Crippen molar-refractivity contribution >= 4 is 17.2 Å². The van der Waals surface area contributed by atoms with Crippen LogP contribution in [0.2, 0.25) is 0 Å². The largest absolute Gasteiger partial charge is 0.325 e. The Morgan fingerprint density at radius 2 is 2.00 bits per heavy atom. The second kappa shape index (κ2) is 7.46. The number of fused-ring (bicyclic) bond motifs is 1. The molecule has 1 aliphatic heterocycles. The van der Waals surface area contributed by atoms with Crippen LogP contribution in [0.4, 0.5) is 5.69 Å². The smallest absolute Gasteiger partial charge is 0.199 e. The highest BCUT2D eigenvalue weighted by molar-refractivity contribution is 6.16. The zero-order chi connectivity index (χ0) is 20.5. The molecule has 1 aromatic heterocycles. The number of hydrogen-bond acceptors (Lipinski definition) is 4. The highest BCUT2D eigenvalue weighted by Gasteiger charge is 2.23. The molecule has 4 rings (SSSR count). The van der Waals surface area contributed by atoms with E-state index in [2.05, 4.69) is 14.9 Å². The standard InChI is InChI=1S/C23H21N5O/c1-4-14-6-5-7-17(22(14)25-2)23-19(12-27-28(23)3)15-8-9-16-18(10-15)20(11-24)26-13-21(16)29/h5-10,12H,4,11,13,24H2,1,3H3. The van der Waals surface area contributed by atoms with Crippen LogP contribution >= 0.6 is 0 Å². The zero-order valence-electron chi connectivity index (χ0n) is 16.4. The molecular weight excluding hydrogens is 362 g/mol. The molecule has 1 aliphatic rings. The maximum Gasteiger partial charge on any atom is 0.199 e. The van der Waals surface area contributed by atoms with Gasteiger partial charge in [-0.05, 0) is 23.6 Å². The summed E-state index contributed by atoms with van der Waals surface area (Å²) < 4.78 is 1.79. The third-order valence-corrected chi connectivity index (χ3v) is 5.35. The number of carbonyl (C=O) groups excluding carboxylic acids is 1. The lowest BCUT2D eigenvalue weighted by Crippen LogP contribution is -2.24. The van der Waals surface area contributed by atoms with Crippen LogP contribution in [-0.2, 0) is 13.5 Å². The average Bonchev–Trinajstić information content (AvgIpc) is 3.14. The van der Waals surface area contributed by atoms with Gasteiger partial charge in [0.25, 0.3) is 0 Å². The molecule has 0 spiro atoms. The molecule has 29 heavy (non-hydrogen) atoms. The van der Waals surface area contributed by atoms with Crippen molar-refractivity contribution in [3.05, 3.63) is 70.7 Å². The topological polar surface area (TPSA) is 77.6 Å². The number of aliphatic imine (C=N–C) groups is 1. The van der Waals surface area contributed by atoms with Crippen LogP contribution in [0.1, 0.15) is 28.4 Å². The van der Waals surface area contributed by atoms with E-state index in [0.717, 1.165) is 45.6 Å².